The third-order valence-corrected chi connectivity index (χ3v) is 4.29. The van der Waals surface area contributed by atoms with E-state index in [1.54, 1.807) is 0 Å². The molecule has 0 bridgehead atoms. The van der Waals surface area contributed by atoms with Crippen molar-refractivity contribution in [1.29, 1.82) is 0 Å². The maximum atomic E-state index is 12.3. The lowest BCUT2D eigenvalue weighted by atomic mass is 9.88. The molecule has 0 aliphatic heterocycles. The summed E-state index contributed by atoms with van der Waals surface area (Å²) in [5.41, 5.74) is 0.888. The average Bonchev–Trinajstić information content (AvgIpc) is 2.88. The highest BCUT2D eigenvalue weighted by atomic mass is 16.1. The monoisotopic (exact) mass is 260 g/mol. The van der Waals surface area contributed by atoms with Gasteiger partial charge in [0.05, 0.1) is 0 Å². The van der Waals surface area contributed by atoms with E-state index in [4.69, 9.17) is 0 Å². The predicted octanol–water partition coefficient (Wildman–Crippen LogP) is 2.99. The largest absolute Gasteiger partial charge is 0.326 e. The van der Waals surface area contributed by atoms with Crippen LogP contribution in [0.5, 0.6) is 0 Å². The molecular weight excluding hydrogens is 236 g/mol. The molecule has 3 atom stereocenters. The van der Waals surface area contributed by atoms with Gasteiger partial charge in [0.1, 0.15) is 0 Å². The SMILES string of the molecule is CC(C(=O)Nc1ccccc1)C1CCCC1N(C)C. The smallest absolute Gasteiger partial charge is 0.227 e. The number of nitrogens with zero attached hydrogens (tertiary/aromatic N) is 1. The summed E-state index contributed by atoms with van der Waals surface area (Å²) in [6.07, 6.45) is 3.60. The summed E-state index contributed by atoms with van der Waals surface area (Å²) in [6.45, 7) is 2.06. The van der Waals surface area contributed by atoms with Crippen molar-refractivity contribution in [3.63, 3.8) is 0 Å². The molecule has 0 aromatic heterocycles. The Kier molecular flexibility index (Phi) is 4.59. The summed E-state index contributed by atoms with van der Waals surface area (Å²) in [6, 6.07) is 10.2. The van der Waals surface area contributed by atoms with E-state index in [1.807, 2.05) is 30.3 Å². The van der Waals surface area contributed by atoms with Gasteiger partial charge >= 0.3 is 0 Å². The van der Waals surface area contributed by atoms with Gasteiger partial charge in [0, 0.05) is 17.6 Å². The second kappa shape index (κ2) is 6.20. The molecule has 1 saturated carbocycles. The molecular formula is C16H24N2O. The molecule has 3 heteroatoms. The van der Waals surface area contributed by atoms with E-state index in [9.17, 15) is 4.79 Å². The summed E-state index contributed by atoms with van der Waals surface area (Å²) in [7, 11) is 4.23. The van der Waals surface area contributed by atoms with Crippen molar-refractivity contribution in [2.24, 2.45) is 11.8 Å². The van der Waals surface area contributed by atoms with Crippen molar-refractivity contribution >= 4 is 11.6 Å². The van der Waals surface area contributed by atoms with Gasteiger partial charge in [-0.3, -0.25) is 4.79 Å². The molecule has 1 aliphatic carbocycles. The van der Waals surface area contributed by atoms with Crippen molar-refractivity contribution < 1.29 is 4.79 Å². The summed E-state index contributed by atoms with van der Waals surface area (Å²) in [4.78, 5) is 14.6. The lowest BCUT2D eigenvalue weighted by molar-refractivity contribution is -0.121. The molecule has 1 fully saturated rings. The fraction of sp³-hybridized carbons (Fsp3) is 0.562. The molecule has 104 valence electrons. The van der Waals surface area contributed by atoms with Crippen LogP contribution >= 0.6 is 0 Å². The van der Waals surface area contributed by atoms with Crippen molar-refractivity contribution in [3.8, 4) is 0 Å². The zero-order chi connectivity index (χ0) is 13.8. The predicted molar refractivity (Wildman–Crippen MR) is 79.1 cm³/mol. The summed E-state index contributed by atoms with van der Waals surface area (Å²) in [5, 5.41) is 3.02. The molecule has 0 radical (unpaired) electrons. The Labute approximate surface area is 116 Å². The van der Waals surface area contributed by atoms with Crippen LogP contribution in [0.15, 0.2) is 30.3 Å². The highest BCUT2D eigenvalue weighted by molar-refractivity contribution is 5.92. The number of amides is 1. The first-order valence-corrected chi connectivity index (χ1v) is 7.12. The maximum absolute atomic E-state index is 12.3. The standard InChI is InChI=1S/C16H24N2O/c1-12(14-10-7-11-15(14)18(2)3)16(19)17-13-8-5-4-6-9-13/h4-6,8-9,12,14-15H,7,10-11H2,1-3H3,(H,17,19). The lowest BCUT2D eigenvalue weighted by Gasteiger charge is -2.30. The zero-order valence-corrected chi connectivity index (χ0v) is 12.1. The van der Waals surface area contributed by atoms with Crippen LogP contribution < -0.4 is 5.32 Å². The minimum absolute atomic E-state index is 0.0649. The molecule has 2 rings (SSSR count). The number of rotatable bonds is 4. The quantitative estimate of drug-likeness (QED) is 0.902. The molecule has 3 nitrogen and oxygen atoms in total. The second-order valence-corrected chi connectivity index (χ2v) is 5.77. The third kappa shape index (κ3) is 3.35. The normalized spacial score (nSPS) is 24.4. The van der Waals surface area contributed by atoms with Gasteiger partial charge in [-0.25, -0.2) is 0 Å². The topological polar surface area (TPSA) is 32.3 Å². The zero-order valence-electron chi connectivity index (χ0n) is 12.1. The van der Waals surface area contributed by atoms with Crippen LogP contribution in [0.25, 0.3) is 0 Å². The number of anilines is 1. The molecule has 19 heavy (non-hydrogen) atoms. The molecule has 0 heterocycles. The highest BCUT2D eigenvalue weighted by Gasteiger charge is 2.35. The molecule has 1 aromatic carbocycles. The molecule has 0 spiro atoms. The molecule has 1 N–H and O–H groups in total. The van der Waals surface area contributed by atoms with Gasteiger partial charge in [-0.2, -0.15) is 0 Å². The number of para-hydroxylation sites is 1. The fourth-order valence-corrected chi connectivity index (χ4v) is 3.17. The van der Waals surface area contributed by atoms with Crippen molar-refractivity contribution in [3.05, 3.63) is 30.3 Å². The number of carbonyl (C=O) groups is 1. The van der Waals surface area contributed by atoms with Gasteiger partial charge < -0.3 is 10.2 Å². The first kappa shape index (κ1) is 14.1. The number of hydrogen-bond acceptors (Lipinski definition) is 2. The van der Waals surface area contributed by atoms with Crippen molar-refractivity contribution in [2.75, 3.05) is 19.4 Å². The first-order chi connectivity index (χ1) is 9.09. The van der Waals surface area contributed by atoms with Gasteiger partial charge in [0.2, 0.25) is 5.91 Å². The van der Waals surface area contributed by atoms with E-state index in [-0.39, 0.29) is 11.8 Å². The van der Waals surface area contributed by atoms with Crippen molar-refractivity contribution in [1.82, 2.24) is 4.90 Å². The second-order valence-electron chi connectivity index (χ2n) is 5.77. The number of carbonyl (C=O) groups excluding carboxylic acids is 1. The van der Waals surface area contributed by atoms with Gasteiger partial charge in [0.25, 0.3) is 0 Å². The van der Waals surface area contributed by atoms with Gasteiger partial charge in [0.15, 0.2) is 0 Å². The van der Waals surface area contributed by atoms with E-state index in [0.29, 0.717) is 12.0 Å². The minimum atomic E-state index is 0.0649. The van der Waals surface area contributed by atoms with E-state index in [0.717, 1.165) is 12.1 Å². The maximum Gasteiger partial charge on any atom is 0.227 e. The number of benzene rings is 1. The molecule has 1 aliphatic rings. The van der Waals surface area contributed by atoms with Gasteiger partial charge in [-0.15, -0.1) is 0 Å². The molecule has 1 aromatic rings. The van der Waals surface area contributed by atoms with E-state index in [2.05, 4.69) is 31.2 Å². The average molecular weight is 260 g/mol. The Bertz CT molecular complexity index is 416. The van der Waals surface area contributed by atoms with E-state index in [1.165, 1.54) is 12.8 Å². The van der Waals surface area contributed by atoms with Crippen LogP contribution in [-0.2, 0) is 4.79 Å². The summed E-state index contributed by atoms with van der Waals surface area (Å²) < 4.78 is 0. The number of hydrogen-bond donors (Lipinski definition) is 1. The van der Waals surface area contributed by atoms with Crippen LogP contribution in [0, 0.1) is 11.8 Å². The van der Waals surface area contributed by atoms with E-state index < -0.39 is 0 Å². The summed E-state index contributed by atoms with van der Waals surface area (Å²) in [5.74, 6) is 0.679. The Morgan fingerprint density at radius 1 is 1.26 bits per heavy atom. The van der Waals surface area contributed by atoms with Crippen LogP contribution in [0.1, 0.15) is 26.2 Å². The van der Waals surface area contributed by atoms with Crippen LogP contribution in [0.3, 0.4) is 0 Å². The third-order valence-electron chi connectivity index (χ3n) is 4.29. The lowest BCUT2D eigenvalue weighted by Crippen LogP contribution is -2.38. The van der Waals surface area contributed by atoms with Crippen molar-refractivity contribution in [2.45, 2.75) is 32.2 Å². The van der Waals surface area contributed by atoms with E-state index >= 15 is 0 Å². The van der Waals surface area contributed by atoms with Gasteiger partial charge in [-0.05, 0) is 45.0 Å². The first-order valence-electron chi connectivity index (χ1n) is 7.12. The van der Waals surface area contributed by atoms with Crippen LogP contribution in [0.2, 0.25) is 0 Å². The molecule has 0 saturated heterocycles. The Balaban J connectivity index is 1.99. The Hall–Kier alpha value is -1.35. The Morgan fingerprint density at radius 3 is 2.58 bits per heavy atom. The Morgan fingerprint density at radius 2 is 1.95 bits per heavy atom. The fourth-order valence-electron chi connectivity index (χ4n) is 3.17. The van der Waals surface area contributed by atoms with Crippen LogP contribution in [-0.4, -0.2) is 30.9 Å². The van der Waals surface area contributed by atoms with Gasteiger partial charge in [-0.1, -0.05) is 31.5 Å². The minimum Gasteiger partial charge on any atom is -0.326 e. The molecule has 3 unspecified atom stereocenters. The number of nitrogens with one attached hydrogen (secondary N) is 1. The highest BCUT2D eigenvalue weighted by Crippen LogP contribution is 2.34. The summed E-state index contributed by atoms with van der Waals surface area (Å²) >= 11 is 0. The van der Waals surface area contributed by atoms with Crippen LogP contribution in [0.4, 0.5) is 5.69 Å². The molecule has 1 amide bonds.